The number of hydrogen-bond acceptors (Lipinski definition) is 6. The predicted octanol–water partition coefficient (Wildman–Crippen LogP) is -2.02. The molecule has 0 aromatic carbocycles. The van der Waals surface area contributed by atoms with E-state index in [4.69, 9.17) is 5.11 Å². The van der Waals surface area contributed by atoms with Gasteiger partial charge in [-0.05, 0) is 0 Å². The molecule has 2 aromatic heterocycles. The fourth-order valence-corrected chi connectivity index (χ4v) is 2.51. The van der Waals surface area contributed by atoms with E-state index in [-0.39, 0.29) is 12.2 Å². The lowest BCUT2D eigenvalue weighted by Gasteiger charge is -2.14. The lowest BCUT2D eigenvalue weighted by Crippen LogP contribution is -2.35. The first-order chi connectivity index (χ1) is 9.13. The van der Waals surface area contributed by atoms with Gasteiger partial charge in [0.25, 0.3) is 5.56 Å². The first-order valence-electron chi connectivity index (χ1n) is 5.91. The van der Waals surface area contributed by atoms with Crippen LogP contribution in [0.5, 0.6) is 0 Å². The largest absolute Gasteiger partial charge is 0.395 e. The van der Waals surface area contributed by atoms with Gasteiger partial charge in [0.1, 0.15) is 17.1 Å². The molecule has 1 aliphatic rings. The van der Waals surface area contributed by atoms with Gasteiger partial charge in [0.15, 0.2) is 0 Å². The number of H-pyrrole nitrogens is 2. The number of nitrogens with one attached hydrogen (secondary N) is 3. The summed E-state index contributed by atoms with van der Waals surface area (Å²) in [7, 11) is 0. The zero-order valence-electron chi connectivity index (χ0n) is 9.87. The molecule has 8 nitrogen and oxygen atoms in total. The Balaban J connectivity index is 2.06. The van der Waals surface area contributed by atoms with Gasteiger partial charge in [-0.15, -0.1) is 0 Å². The number of nitrogens with zero attached hydrogens (tertiary/aromatic N) is 1. The first kappa shape index (κ1) is 12.3. The van der Waals surface area contributed by atoms with Crippen molar-refractivity contribution in [3.8, 4) is 0 Å². The average Bonchev–Trinajstić information content (AvgIpc) is 2.94. The first-order valence-corrected chi connectivity index (χ1v) is 5.91. The highest BCUT2D eigenvalue weighted by Gasteiger charge is 2.42. The zero-order chi connectivity index (χ0) is 13.6. The van der Waals surface area contributed by atoms with Crippen molar-refractivity contribution in [2.24, 2.45) is 0 Å². The van der Waals surface area contributed by atoms with E-state index in [0.29, 0.717) is 16.6 Å². The molecule has 0 unspecified atom stereocenters. The van der Waals surface area contributed by atoms with Gasteiger partial charge in [-0.25, -0.2) is 4.98 Å². The van der Waals surface area contributed by atoms with E-state index < -0.39 is 24.3 Å². The molecule has 0 radical (unpaired) electrons. The minimum atomic E-state index is -1.07. The summed E-state index contributed by atoms with van der Waals surface area (Å²) < 4.78 is 0. The Labute approximate surface area is 107 Å². The van der Waals surface area contributed by atoms with Gasteiger partial charge in [0, 0.05) is 11.8 Å². The van der Waals surface area contributed by atoms with Crippen LogP contribution in [0.25, 0.3) is 11.0 Å². The number of hydrogen-bond donors (Lipinski definition) is 6. The average molecular weight is 266 g/mol. The minimum absolute atomic E-state index is 0.287. The second-order valence-corrected chi connectivity index (χ2v) is 4.61. The molecule has 0 spiro atoms. The molecule has 102 valence electrons. The van der Waals surface area contributed by atoms with E-state index in [1.165, 1.54) is 6.33 Å². The molecule has 1 saturated heterocycles. The number of aromatic nitrogens is 3. The molecule has 6 N–H and O–H groups in total. The van der Waals surface area contributed by atoms with E-state index >= 15 is 0 Å². The molecule has 0 saturated carbocycles. The van der Waals surface area contributed by atoms with Crippen molar-refractivity contribution in [3.05, 3.63) is 28.4 Å². The van der Waals surface area contributed by atoms with Gasteiger partial charge in [0.05, 0.1) is 31.1 Å². The van der Waals surface area contributed by atoms with Crippen LogP contribution in [-0.4, -0.2) is 55.1 Å². The van der Waals surface area contributed by atoms with E-state index in [1.807, 2.05) is 0 Å². The molecule has 0 amide bonds. The molecule has 4 atom stereocenters. The highest BCUT2D eigenvalue weighted by atomic mass is 16.3. The Kier molecular flexibility index (Phi) is 2.86. The van der Waals surface area contributed by atoms with Gasteiger partial charge < -0.3 is 30.6 Å². The summed E-state index contributed by atoms with van der Waals surface area (Å²) in [6, 6.07) is -1.19. The molecule has 3 heterocycles. The molecule has 19 heavy (non-hydrogen) atoms. The van der Waals surface area contributed by atoms with E-state index in [1.54, 1.807) is 6.20 Å². The van der Waals surface area contributed by atoms with Crippen molar-refractivity contribution < 1.29 is 15.3 Å². The highest BCUT2D eigenvalue weighted by Crippen LogP contribution is 2.30. The van der Waals surface area contributed by atoms with Crippen LogP contribution in [0.15, 0.2) is 17.3 Å². The fourth-order valence-electron chi connectivity index (χ4n) is 2.51. The summed E-state index contributed by atoms with van der Waals surface area (Å²) in [6.45, 7) is -0.287. The number of aliphatic hydroxyl groups is 3. The van der Waals surface area contributed by atoms with Crippen molar-refractivity contribution >= 4 is 11.0 Å². The van der Waals surface area contributed by atoms with E-state index in [2.05, 4.69) is 20.3 Å². The molecule has 8 heteroatoms. The van der Waals surface area contributed by atoms with Crippen LogP contribution >= 0.6 is 0 Å². The van der Waals surface area contributed by atoms with Crippen LogP contribution in [0.3, 0.4) is 0 Å². The molecule has 0 aliphatic carbocycles. The molecular formula is C11H14N4O4. The van der Waals surface area contributed by atoms with Crippen LogP contribution < -0.4 is 10.9 Å². The molecule has 2 aromatic rings. The van der Waals surface area contributed by atoms with Gasteiger partial charge in [0.2, 0.25) is 0 Å². The van der Waals surface area contributed by atoms with E-state index in [9.17, 15) is 15.0 Å². The molecule has 3 rings (SSSR count). The number of fused-ring (bicyclic) bond motifs is 1. The topological polar surface area (TPSA) is 134 Å². The van der Waals surface area contributed by atoms with E-state index in [0.717, 1.165) is 0 Å². The van der Waals surface area contributed by atoms with Crippen LogP contribution in [0.1, 0.15) is 11.6 Å². The summed E-state index contributed by atoms with van der Waals surface area (Å²) >= 11 is 0. The third-order valence-corrected chi connectivity index (χ3v) is 3.53. The third kappa shape index (κ3) is 1.77. The van der Waals surface area contributed by atoms with Gasteiger partial charge >= 0.3 is 0 Å². The Bertz CT molecular complexity index is 651. The SMILES string of the molecule is O=c1[nH]cnc2c([C@H]3N[C@@H](CO)[C@H](O)[C@@H]3O)c[nH]c12. The lowest BCUT2D eigenvalue weighted by atomic mass is 10.0. The summed E-state index contributed by atoms with van der Waals surface area (Å²) in [6.07, 6.45) is 0.711. The monoisotopic (exact) mass is 266 g/mol. The lowest BCUT2D eigenvalue weighted by molar-refractivity contribution is 0.0196. The minimum Gasteiger partial charge on any atom is -0.395 e. The maximum atomic E-state index is 11.6. The predicted molar refractivity (Wildman–Crippen MR) is 65.5 cm³/mol. The van der Waals surface area contributed by atoms with Crippen LogP contribution in [-0.2, 0) is 0 Å². The fraction of sp³-hybridized carbons (Fsp3) is 0.455. The van der Waals surface area contributed by atoms with Crippen molar-refractivity contribution in [1.29, 1.82) is 0 Å². The molecule has 1 fully saturated rings. The van der Waals surface area contributed by atoms with Crippen molar-refractivity contribution in [2.45, 2.75) is 24.3 Å². The molecule has 1 aliphatic heterocycles. The maximum Gasteiger partial charge on any atom is 0.275 e. The van der Waals surface area contributed by atoms with Crippen LogP contribution in [0, 0.1) is 0 Å². The van der Waals surface area contributed by atoms with Crippen LogP contribution in [0.2, 0.25) is 0 Å². The number of aliphatic hydroxyl groups excluding tert-OH is 3. The van der Waals surface area contributed by atoms with Gasteiger partial charge in [-0.1, -0.05) is 0 Å². The Hall–Kier alpha value is -1.74. The summed E-state index contributed by atoms with van der Waals surface area (Å²) in [4.78, 5) is 20.9. The quantitative estimate of drug-likeness (QED) is 0.371. The summed E-state index contributed by atoms with van der Waals surface area (Å²) in [5, 5.41) is 31.8. The Morgan fingerprint density at radius 1 is 1.26 bits per heavy atom. The zero-order valence-corrected chi connectivity index (χ0v) is 9.87. The Morgan fingerprint density at radius 3 is 2.74 bits per heavy atom. The summed E-state index contributed by atoms with van der Waals surface area (Å²) in [5.74, 6) is 0. The standard InChI is InChI=1S/C11H14N4O4/c16-2-5-9(17)10(18)7(15-5)4-1-12-8-6(4)13-3-14-11(8)19/h1,3,5,7,9-10,12,15-18H,2H2,(H,13,14,19)/t5-,7+,9-,10+/m0/s1. The number of aromatic amines is 2. The number of rotatable bonds is 2. The smallest absolute Gasteiger partial charge is 0.275 e. The highest BCUT2D eigenvalue weighted by molar-refractivity contribution is 5.78. The van der Waals surface area contributed by atoms with Crippen molar-refractivity contribution in [3.63, 3.8) is 0 Å². The molecule has 0 bridgehead atoms. The second kappa shape index (κ2) is 4.42. The molecular weight excluding hydrogens is 252 g/mol. The summed E-state index contributed by atoms with van der Waals surface area (Å²) in [5.41, 5.74) is 1.03. The van der Waals surface area contributed by atoms with Gasteiger partial charge in [-0.3, -0.25) is 4.79 Å². The van der Waals surface area contributed by atoms with Crippen molar-refractivity contribution in [1.82, 2.24) is 20.3 Å². The van der Waals surface area contributed by atoms with Crippen molar-refractivity contribution in [2.75, 3.05) is 6.61 Å². The Morgan fingerprint density at radius 2 is 2.05 bits per heavy atom. The van der Waals surface area contributed by atoms with Gasteiger partial charge in [-0.2, -0.15) is 0 Å². The third-order valence-electron chi connectivity index (χ3n) is 3.53. The maximum absolute atomic E-state index is 11.6. The normalized spacial score (nSPS) is 31.1. The second-order valence-electron chi connectivity index (χ2n) is 4.61. The van der Waals surface area contributed by atoms with Crippen LogP contribution in [0.4, 0.5) is 0 Å².